The molecule has 2 aromatic carbocycles. The van der Waals surface area contributed by atoms with Crippen molar-refractivity contribution in [1.82, 2.24) is 5.01 Å². The SMILES string of the molecule is C#CCOc1ccc2ccccc2c1C=NN1C(=O)[C@@H]2[C@H](C1=O)[C@@H]1C=C[C@H]2C1. The van der Waals surface area contributed by atoms with Gasteiger partial charge in [-0.25, -0.2) is 0 Å². The van der Waals surface area contributed by atoms with Crippen LogP contribution in [0.5, 0.6) is 5.75 Å². The summed E-state index contributed by atoms with van der Waals surface area (Å²) < 4.78 is 5.66. The molecule has 5 nitrogen and oxygen atoms in total. The Bertz CT molecular complexity index is 1060. The minimum absolute atomic E-state index is 0.125. The van der Waals surface area contributed by atoms with Crippen molar-refractivity contribution in [2.24, 2.45) is 28.8 Å². The maximum Gasteiger partial charge on any atom is 0.254 e. The lowest BCUT2D eigenvalue weighted by Crippen LogP contribution is -2.28. The van der Waals surface area contributed by atoms with E-state index in [0.29, 0.717) is 11.3 Å². The zero-order chi connectivity index (χ0) is 19.3. The summed E-state index contributed by atoms with van der Waals surface area (Å²) in [4.78, 5) is 25.7. The Labute approximate surface area is 162 Å². The molecule has 2 fully saturated rings. The molecule has 2 amide bonds. The van der Waals surface area contributed by atoms with Crippen LogP contribution < -0.4 is 4.74 Å². The van der Waals surface area contributed by atoms with E-state index in [0.717, 1.165) is 22.2 Å². The molecule has 5 rings (SSSR count). The number of allylic oxidation sites excluding steroid dienone is 2. The zero-order valence-electron chi connectivity index (χ0n) is 15.1. The zero-order valence-corrected chi connectivity index (χ0v) is 15.1. The van der Waals surface area contributed by atoms with Crippen LogP contribution in [0.4, 0.5) is 0 Å². The van der Waals surface area contributed by atoms with Crippen molar-refractivity contribution >= 4 is 28.8 Å². The summed E-state index contributed by atoms with van der Waals surface area (Å²) in [5.41, 5.74) is 0.701. The van der Waals surface area contributed by atoms with Crippen molar-refractivity contribution in [3.8, 4) is 18.1 Å². The number of hydrazone groups is 1. The van der Waals surface area contributed by atoms with Gasteiger partial charge in [-0.1, -0.05) is 48.4 Å². The van der Waals surface area contributed by atoms with E-state index in [4.69, 9.17) is 11.2 Å². The molecule has 1 saturated carbocycles. The van der Waals surface area contributed by atoms with Gasteiger partial charge in [0.05, 0.1) is 18.1 Å². The average Bonchev–Trinajstić information content (AvgIpc) is 3.39. The fraction of sp³-hybridized carbons (Fsp3) is 0.261. The molecule has 0 aromatic heterocycles. The lowest BCUT2D eigenvalue weighted by molar-refractivity contribution is -0.140. The van der Waals surface area contributed by atoms with Crippen molar-refractivity contribution in [3.05, 3.63) is 54.1 Å². The molecule has 4 atom stereocenters. The highest BCUT2D eigenvalue weighted by molar-refractivity contribution is 6.08. The van der Waals surface area contributed by atoms with Gasteiger partial charge in [-0.3, -0.25) is 9.59 Å². The summed E-state index contributed by atoms with van der Waals surface area (Å²) in [5, 5.41) is 7.28. The first-order valence-corrected chi connectivity index (χ1v) is 9.37. The molecule has 0 N–H and O–H groups in total. The van der Waals surface area contributed by atoms with Crippen molar-refractivity contribution in [2.45, 2.75) is 6.42 Å². The molecule has 0 unspecified atom stereocenters. The van der Waals surface area contributed by atoms with Crippen molar-refractivity contribution in [1.29, 1.82) is 0 Å². The van der Waals surface area contributed by atoms with Gasteiger partial charge >= 0.3 is 0 Å². The Hall–Kier alpha value is -3.39. The van der Waals surface area contributed by atoms with Gasteiger partial charge in [0.15, 0.2) is 0 Å². The first kappa shape index (κ1) is 16.8. The van der Waals surface area contributed by atoms with E-state index in [1.54, 1.807) is 6.21 Å². The van der Waals surface area contributed by atoms with Gasteiger partial charge < -0.3 is 4.74 Å². The number of imide groups is 1. The number of nitrogens with zero attached hydrogens (tertiary/aromatic N) is 2. The predicted molar refractivity (Wildman–Crippen MR) is 105 cm³/mol. The van der Waals surface area contributed by atoms with Crippen LogP contribution in [0.15, 0.2) is 53.7 Å². The molecule has 138 valence electrons. The van der Waals surface area contributed by atoms with Crippen molar-refractivity contribution in [2.75, 3.05) is 6.61 Å². The van der Waals surface area contributed by atoms with Crippen molar-refractivity contribution < 1.29 is 14.3 Å². The van der Waals surface area contributed by atoms with E-state index in [2.05, 4.69) is 23.2 Å². The topological polar surface area (TPSA) is 59.0 Å². The Kier molecular flexibility index (Phi) is 3.80. The Balaban J connectivity index is 1.52. The number of carbonyl (C=O) groups excluding carboxylic acids is 2. The largest absolute Gasteiger partial charge is 0.480 e. The Morgan fingerprint density at radius 1 is 1.11 bits per heavy atom. The lowest BCUT2D eigenvalue weighted by atomic mass is 9.85. The predicted octanol–water partition coefficient (Wildman–Crippen LogP) is 2.99. The van der Waals surface area contributed by atoms with Crippen molar-refractivity contribution in [3.63, 3.8) is 0 Å². The quantitative estimate of drug-likeness (QED) is 0.360. The highest BCUT2D eigenvalue weighted by Crippen LogP contribution is 2.52. The van der Waals surface area contributed by atoms with E-state index in [-0.39, 0.29) is 42.1 Å². The van der Waals surface area contributed by atoms with Crippen LogP contribution in [0.3, 0.4) is 0 Å². The number of rotatable bonds is 4. The summed E-state index contributed by atoms with van der Waals surface area (Å²) >= 11 is 0. The molecule has 5 heteroatoms. The first-order chi connectivity index (χ1) is 13.7. The smallest absolute Gasteiger partial charge is 0.254 e. The monoisotopic (exact) mass is 370 g/mol. The summed E-state index contributed by atoms with van der Waals surface area (Å²) in [6.45, 7) is 0.125. The lowest BCUT2D eigenvalue weighted by Gasteiger charge is -2.13. The Morgan fingerprint density at radius 3 is 2.54 bits per heavy atom. The minimum atomic E-state index is -0.260. The second-order valence-corrected chi connectivity index (χ2v) is 7.42. The number of amides is 2. The Morgan fingerprint density at radius 2 is 1.82 bits per heavy atom. The fourth-order valence-corrected chi connectivity index (χ4v) is 4.77. The maximum absolute atomic E-state index is 12.8. The third-order valence-electron chi connectivity index (χ3n) is 5.99. The van der Waals surface area contributed by atoms with E-state index in [9.17, 15) is 9.59 Å². The van der Waals surface area contributed by atoms with Crippen LogP contribution in [-0.2, 0) is 9.59 Å². The van der Waals surface area contributed by atoms with Crippen LogP contribution in [0.25, 0.3) is 10.8 Å². The third-order valence-corrected chi connectivity index (χ3v) is 5.99. The molecular weight excluding hydrogens is 352 g/mol. The summed E-state index contributed by atoms with van der Waals surface area (Å²) in [6.07, 6.45) is 11.9. The molecule has 0 spiro atoms. The summed E-state index contributed by atoms with van der Waals surface area (Å²) in [6, 6.07) is 11.6. The third kappa shape index (κ3) is 2.38. The number of terminal acetylenes is 1. The average molecular weight is 370 g/mol. The number of ether oxygens (including phenoxy) is 1. The molecule has 2 aromatic rings. The van der Waals surface area contributed by atoms with Crippen LogP contribution in [0.1, 0.15) is 12.0 Å². The summed E-state index contributed by atoms with van der Waals surface area (Å²) in [7, 11) is 0. The second-order valence-electron chi connectivity index (χ2n) is 7.42. The number of fused-ring (bicyclic) bond motifs is 6. The van der Waals surface area contributed by atoms with Gasteiger partial charge in [0.1, 0.15) is 12.4 Å². The van der Waals surface area contributed by atoms with Gasteiger partial charge in [0.25, 0.3) is 11.8 Å². The van der Waals surface area contributed by atoms with Crippen LogP contribution in [-0.4, -0.2) is 29.6 Å². The van der Waals surface area contributed by atoms with E-state index < -0.39 is 0 Å². The van der Waals surface area contributed by atoms with Gasteiger partial charge in [0, 0.05) is 5.56 Å². The van der Waals surface area contributed by atoms with Gasteiger partial charge in [-0.05, 0) is 35.1 Å². The van der Waals surface area contributed by atoms with E-state index in [1.807, 2.05) is 36.4 Å². The highest BCUT2D eigenvalue weighted by atomic mass is 16.5. The van der Waals surface area contributed by atoms with E-state index in [1.165, 1.54) is 0 Å². The van der Waals surface area contributed by atoms with E-state index >= 15 is 0 Å². The number of carbonyl (C=O) groups is 2. The normalized spacial score (nSPS) is 27.8. The molecule has 1 aliphatic heterocycles. The van der Waals surface area contributed by atoms with Crippen LogP contribution in [0.2, 0.25) is 0 Å². The maximum atomic E-state index is 12.8. The second kappa shape index (κ2) is 6.35. The minimum Gasteiger partial charge on any atom is -0.480 e. The fourth-order valence-electron chi connectivity index (χ4n) is 4.77. The molecule has 3 aliphatic rings. The molecular formula is C23H18N2O3. The highest BCUT2D eigenvalue weighted by Gasteiger charge is 2.59. The van der Waals surface area contributed by atoms with Crippen LogP contribution in [0, 0.1) is 36.0 Å². The number of benzene rings is 2. The standard InChI is InChI=1S/C23H18N2O3/c1-2-11-28-19-10-9-14-5-3-4-6-17(14)18(19)13-24-25-22(26)20-15-7-8-16(12-15)21(20)23(25)27/h1,3-10,13,15-16,20-21H,11-12H2/t15-,16+,20-,21+. The number of hydrogen-bond donors (Lipinski definition) is 0. The van der Waals surface area contributed by atoms with Gasteiger partial charge in [-0.15, -0.1) is 6.42 Å². The molecule has 1 heterocycles. The van der Waals surface area contributed by atoms with Gasteiger partial charge in [0.2, 0.25) is 0 Å². The first-order valence-electron chi connectivity index (χ1n) is 9.37. The molecule has 28 heavy (non-hydrogen) atoms. The van der Waals surface area contributed by atoms with Crippen LogP contribution >= 0.6 is 0 Å². The molecule has 2 aliphatic carbocycles. The molecule has 1 saturated heterocycles. The molecule has 2 bridgehead atoms. The van der Waals surface area contributed by atoms with Gasteiger partial charge in [-0.2, -0.15) is 10.1 Å². The number of hydrogen-bond acceptors (Lipinski definition) is 4. The molecule has 0 radical (unpaired) electrons. The summed E-state index contributed by atoms with van der Waals surface area (Å²) in [5.74, 6) is 2.44.